The molecule has 0 bridgehead atoms. The summed E-state index contributed by atoms with van der Waals surface area (Å²) >= 11 is 0. The molecule has 50 heavy (non-hydrogen) atoms. The van der Waals surface area contributed by atoms with Crippen LogP contribution in [0.2, 0.25) is 0 Å². The number of aryl methyl sites for hydroxylation is 1. The van der Waals surface area contributed by atoms with Gasteiger partial charge in [-0.2, -0.15) is 30.1 Å². The minimum atomic E-state index is 0.378. The van der Waals surface area contributed by atoms with E-state index in [1.54, 1.807) is 37.5 Å². The number of ether oxygens (including phenoxy) is 4. The number of hydrogen-bond donors (Lipinski definition) is 4. The number of hydrogen-bond acceptors (Lipinski definition) is 12. The van der Waals surface area contributed by atoms with Gasteiger partial charge in [-0.25, -0.2) is 9.69 Å². The highest BCUT2D eigenvalue weighted by Gasteiger charge is 2.18. The normalized spacial score (nSPS) is 10.8. The van der Waals surface area contributed by atoms with Crippen molar-refractivity contribution in [1.82, 2.24) is 49.5 Å². The van der Waals surface area contributed by atoms with Crippen LogP contribution in [0.5, 0.6) is 11.8 Å². The van der Waals surface area contributed by atoms with Crippen LogP contribution in [0.25, 0.3) is 31.8 Å². The third kappa shape index (κ3) is 7.73. The van der Waals surface area contributed by atoms with Gasteiger partial charge in [0.05, 0.1) is 92.4 Å². The van der Waals surface area contributed by atoms with Crippen molar-refractivity contribution in [3.8, 4) is 11.8 Å². The molecule has 18 nitrogen and oxygen atoms in total. The monoisotopic (exact) mass is 682 g/mol. The van der Waals surface area contributed by atoms with Crippen LogP contribution >= 0.6 is 0 Å². The van der Waals surface area contributed by atoms with E-state index in [0.717, 1.165) is 22.8 Å². The number of methoxy groups -OCH3 is 2. The second-order valence-corrected chi connectivity index (χ2v) is 10.6. The third-order valence-corrected chi connectivity index (χ3v) is 7.33. The lowest BCUT2D eigenvalue weighted by Gasteiger charge is -2.09. The van der Waals surface area contributed by atoms with E-state index in [-0.39, 0.29) is 0 Å². The molecule has 4 N–H and O–H groups in total. The van der Waals surface area contributed by atoms with E-state index in [1.165, 1.54) is 0 Å². The maximum atomic E-state index is 7.25. The molecule has 0 amide bonds. The van der Waals surface area contributed by atoms with E-state index in [0.29, 0.717) is 96.6 Å². The molecular formula is C32H38N14O4. The molecule has 6 aromatic heterocycles. The molecule has 18 heteroatoms. The zero-order valence-corrected chi connectivity index (χ0v) is 28.7. The van der Waals surface area contributed by atoms with Crippen molar-refractivity contribution in [2.24, 2.45) is 0 Å². The average molecular weight is 683 g/mol. The quantitative estimate of drug-likeness (QED) is 0.104. The first-order valence-electron chi connectivity index (χ1n) is 15.7. The molecule has 0 aliphatic heterocycles. The first-order chi connectivity index (χ1) is 24.3. The van der Waals surface area contributed by atoms with E-state index >= 15 is 0 Å². The summed E-state index contributed by atoms with van der Waals surface area (Å²) in [7, 11) is 3.31. The average Bonchev–Trinajstić information content (AvgIpc) is 3.89. The van der Waals surface area contributed by atoms with Crippen molar-refractivity contribution in [2.75, 3.05) is 51.3 Å². The van der Waals surface area contributed by atoms with Gasteiger partial charge in [-0.15, -0.1) is 0 Å². The standard InChI is InChI=1S/2C16H19N7O2/c1-5-25-15-13-12(17-3)8-18-14(13)21-16(22-15)20-11-9-19-23(10(11)2)6-7-24-4;1-5-25-15-13-11(17-3)8-18-14(13)20-16(21-15)19-12-9-23(6-7-24-4)22-10(12)2/h8-9H,5-7H2,1-2,4H3,(H2,18,20,21,22);8-9H,5-7H2,1-2,4H3,(H2,18,19,20,21). The summed E-state index contributed by atoms with van der Waals surface area (Å²) in [6.45, 7) is 25.5. The number of nitrogens with zero attached hydrogens (tertiary/aromatic N) is 10. The number of aromatic amines is 2. The zero-order chi connectivity index (χ0) is 35.6. The number of anilines is 4. The molecule has 260 valence electrons. The fourth-order valence-corrected chi connectivity index (χ4v) is 4.89. The molecule has 6 aromatic rings. The van der Waals surface area contributed by atoms with Crippen molar-refractivity contribution in [2.45, 2.75) is 40.8 Å². The minimum Gasteiger partial charge on any atom is -0.478 e. The molecule has 0 radical (unpaired) electrons. The molecule has 0 aliphatic carbocycles. The summed E-state index contributed by atoms with van der Waals surface area (Å²) < 4.78 is 25.0. The predicted molar refractivity (Wildman–Crippen MR) is 187 cm³/mol. The van der Waals surface area contributed by atoms with Crippen LogP contribution in [-0.2, 0) is 22.6 Å². The number of fused-ring (bicyclic) bond motifs is 2. The van der Waals surface area contributed by atoms with Crippen LogP contribution in [0.1, 0.15) is 25.2 Å². The molecule has 0 unspecified atom stereocenters. The maximum Gasteiger partial charge on any atom is 0.232 e. The smallest absolute Gasteiger partial charge is 0.232 e. The lowest BCUT2D eigenvalue weighted by molar-refractivity contribution is 0.183. The van der Waals surface area contributed by atoms with Gasteiger partial charge in [0.2, 0.25) is 35.0 Å². The van der Waals surface area contributed by atoms with Crippen molar-refractivity contribution >= 4 is 56.7 Å². The molecule has 0 saturated heterocycles. The fraction of sp³-hybridized carbons (Fsp3) is 0.375. The molecule has 6 heterocycles. The molecular weight excluding hydrogens is 644 g/mol. The van der Waals surface area contributed by atoms with Gasteiger partial charge < -0.3 is 39.5 Å². The second-order valence-electron chi connectivity index (χ2n) is 10.6. The lowest BCUT2D eigenvalue weighted by atomic mass is 10.3. The third-order valence-electron chi connectivity index (χ3n) is 7.33. The summed E-state index contributed by atoms with van der Waals surface area (Å²) in [5.41, 5.74) is 5.36. The highest BCUT2D eigenvalue weighted by molar-refractivity contribution is 5.96. The molecule has 0 aromatic carbocycles. The summed E-state index contributed by atoms with van der Waals surface area (Å²) in [6, 6.07) is 0. The lowest BCUT2D eigenvalue weighted by Crippen LogP contribution is -2.08. The van der Waals surface area contributed by atoms with Gasteiger partial charge in [0.15, 0.2) is 0 Å². The van der Waals surface area contributed by atoms with Crippen LogP contribution in [0.15, 0.2) is 24.8 Å². The first kappa shape index (κ1) is 35.1. The van der Waals surface area contributed by atoms with Crippen molar-refractivity contribution in [3.05, 3.63) is 59.0 Å². The van der Waals surface area contributed by atoms with E-state index in [1.807, 2.05) is 38.6 Å². The Morgan fingerprint density at radius 2 is 1.32 bits per heavy atom. The molecule has 0 aliphatic rings. The van der Waals surface area contributed by atoms with Gasteiger partial charge in [0.25, 0.3) is 0 Å². The van der Waals surface area contributed by atoms with Gasteiger partial charge in [0.1, 0.15) is 11.3 Å². The number of nitrogens with one attached hydrogen (secondary N) is 4. The van der Waals surface area contributed by atoms with Gasteiger partial charge in [0, 0.05) is 32.8 Å². The Hall–Kier alpha value is -6.24. The van der Waals surface area contributed by atoms with Gasteiger partial charge >= 0.3 is 0 Å². The molecule has 0 atom stereocenters. The fourth-order valence-electron chi connectivity index (χ4n) is 4.89. The van der Waals surface area contributed by atoms with Gasteiger partial charge in [-0.3, -0.25) is 9.36 Å². The van der Waals surface area contributed by atoms with Crippen LogP contribution in [0.3, 0.4) is 0 Å². The summed E-state index contributed by atoms with van der Waals surface area (Å²) in [5, 5.41) is 16.3. The van der Waals surface area contributed by atoms with Crippen molar-refractivity contribution in [1.29, 1.82) is 0 Å². The van der Waals surface area contributed by atoms with Crippen molar-refractivity contribution < 1.29 is 18.9 Å². The highest BCUT2D eigenvalue weighted by atomic mass is 16.5. The minimum absolute atomic E-state index is 0.378. The molecule has 6 rings (SSSR count). The molecule has 0 saturated carbocycles. The van der Waals surface area contributed by atoms with E-state index in [9.17, 15) is 0 Å². The van der Waals surface area contributed by atoms with Gasteiger partial charge in [-0.1, -0.05) is 0 Å². The maximum absolute atomic E-state index is 7.25. The Morgan fingerprint density at radius 1 is 0.780 bits per heavy atom. The Balaban J connectivity index is 0.000000194. The number of H-pyrrole nitrogens is 2. The second kappa shape index (κ2) is 16.2. The first-order valence-corrected chi connectivity index (χ1v) is 15.7. The summed E-state index contributed by atoms with van der Waals surface area (Å²) in [5.74, 6) is 1.52. The zero-order valence-electron chi connectivity index (χ0n) is 28.7. The van der Waals surface area contributed by atoms with Crippen LogP contribution in [0, 0.1) is 27.0 Å². The van der Waals surface area contributed by atoms with E-state index < -0.39 is 0 Å². The number of aromatic nitrogens is 10. The summed E-state index contributed by atoms with van der Waals surface area (Å²) in [6.07, 6.45) is 6.80. The molecule has 0 spiro atoms. The predicted octanol–water partition coefficient (Wildman–Crippen LogP) is 5.60. The van der Waals surface area contributed by atoms with Gasteiger partial charge in [-0.05, 0) is 27.7 Å². The Kier molecular flexibility index (Phi) is 11.4. The van der Waals surface area contributed by atoms with E-state index in [4.69, 9.17) is 32.1 Å². The Morgan fingerprint density at radius 3 is 1.84 bits per heavy atom. The SMILES string of the molecule is [C-]#[N+]c1c[nH]c2nc(Nc3cn(CCOC)nc3C)nc(OCC)c12.[C-]#[N+]c1c[nH]c2nc(Nc3cnn(CCOC)c3C)nc(OCC)c12. The van der Waals surface area contributed by atoms with Crippen LogP contribution in [0.4, 0.5) is 34.6 Å². The number of rotatable bonds is 14. The topological polar surface area (TPSA) is 188 Å². The largest absolute Gasteiger partial charge is 0.478 e. The van der Waals surface area contributed by atoms with Crippen LogP contribution < -0.4 is 20.1 Å². The Bertz CT molecular complexity index is 2050. The van der Waals surface area contributed by atoms with E-state index in [2.05, 4.69) is 60.4 Å². The molecule has 0 fully saturated rings. The summed E-state index contributed by atoms with van der Waals surface area (Å²) in [4.78, 5) is 30.6. The van der Waals surface area contributed by atoms with Crippen LogP contribution in [-0.4, -0.2) is 90.1 Å². The Labute approximate surface area is 287 Å². The highest BCUT2D eigenvalue weighted by Crippen LogP contribution is 2.35. The van der Waals surface area contributed by atoms with Crippen molar-refractivity contribution in [3.63, 3.8) is 0 Å².